The van der Waals surface area contributed by atoms with Crippen molar-refractivity contribution in [3.05, 3.63) is 64.9 Å². The maximum atomic E-state index is 6.41. The van der Waals surface area contributed by atoms with Crippen LogP contribution in [-0.2, 0) is 0 Å². The smallest absolute Gasteiger partial charge is 0.129 e. The number of hydrogen-bond acceptors (Lipinski definition) is 5. The fourth-order valence-electron chi connectivity index (χ4n) is 2.50. The minimum absolute atomic E-state index is 0.418. The zero-order valence-electron chi connectivity index (χ0n) is 13.9. The van der Waals surface area contributed by atoms with Gasteiger partial charge in [-0.2, -0.15) is 0 Å². The fraction of sp³-hybridized carbons (Fsp3) is 0.105. The van der Waals surface area contributed by atoms with Crippen LogP contribution in [0.25, 0.3) is 22.3 Å². The summed E-state index contributed by atoms with van der Waals surface area (Å²) in [6, 6.07) is 13.0. The zero-order valence-corrected chi connectivity index (χ0v) is 14.7. The van der Waals surface area contributed by atoms with Crippen molar-refractivity contribution in [1.82, 2.24) is 9.97 Å². The predicted octanol–water partition coefficient (Wildman–Crippen LogP) is 3.82. The number of hydrogen-bond donors (Lipinski definition) is 1. The summed E-state index contributed by atoms with van der Waals surface area (Å²) in [7, 11) is 3.32. The molecule has 0 radical (unpaired) electrons. The van der Waals surface area contributed by atoms with Crippen molar-refractivity contribution in [2.75, 3.05) is 14.2 Å². The first-order valence-corrected chi connectivity index (χ1v) is 7.99. The Bertz CT molecular complexity index is 982. The largest absolute Gasteiger partial charge is 0.497 e. The normalized spacial score (nSPS) is 12.4. The van der Waals surface area contributed by atoms with Gasteiger partial charge in [0.1, 0.15) is 10.9 Å². The molecule has 6 heteroatoms. The van der Waals surface area contributed by atoms with Crippen molar-refractivity contribution in [3.63, 3.8) is 0 Å². The number of methoxy groups -OCH3 is 1. The molecule has 126 valence electrons. The maximum absolute atomic E-state index is 6.41. The Hall–Kier alpha value is -2.92. The highest BCUT2D eigenvalue weighted by atomic mass is 35.5. The zero-order chi connectivity index (χ0) is 17.8. The van der Waals surface area contributed by atoms with Crippen LogP contribution in [0.5, 0.6) is 5.75 Å². The number of rotatable bonds is 4. The lowest BCUT2D eigenvalue weighted by atomic mass is 10.0. The van der Waals surface area contributed by atoms with Gasteiger partial charge in [0.2, 0.25) is 0 Å². The van der Waals surface area contributed by atoms with Gasteiger partial charge < -0.3 is 10.5 Å². The molecular weight excluding hydrogens is 336 g/mol. The lowest BCUT2D eigenvalue weighted by molar-refractivity contribution is 0.414. The first-order chi connectivity index (χ1) is 12.1. The molecule has 3 rings (SSSR count). The van der Waals surface area contributed by atoms with Gasteiger partial charge in [0.15, 0.2) is 0 Å². The second-order valence-electron chi connectivity index (χ2n) is 5.34. The molecule has 0 spiro atoms. The SMILES string of the molecule is CN=CC(=C(N)c1cccc(OC)c1)c1cnc2ccc(Cl)nc2c1. The molecule has 0 bridgehead atoms. The van der Waals surface area contributed by atoms with E-state index in [1.54, 1.807) is 32.6 Å². The van der Waals surface area contributed by atoms with Crippen LogP contribution in [0.2, 0.25) is 5.15 Å². The van der Waals surface area contributed by atoms with E-state index >= 15 is 0 Å². The summed E-state index contributed by atoms with van der Waals surface area (Å²) in [4.78, 5) is 12.9. The van der Waals surface area contributed by atoms with Crippen molar-refractivity contribution in [2.45, 2.75) is 0 Å². The number of allylic oxidation sites excluding steroid dienone is 1. The third-order valence-electron chi connectivity index (χ3n) is 3.74. The molecule has 1 aromatic carbocycles. The van der Waals surface area contributed by atoms with Crippen LogP contribution in [0.3, 0.4) is 0 Å². The van der Waals surface area contributed by atoms with Crippen LogP contribution in [-0.4, -0.2) is 30.3 Å². The van der Waals surface area contributed by atoms with E-state index in [1.165, 1.54) is 0 Å². The summed E-state index contributed by atoms with van der Waals surface area (Å²) >= 11 is 5.99. The molecular formula is C19H17ClN4O. The Labute approximate surface area is 150 Å². The van der Waals surface area contributed by atoms with Gasteiger partial charge in [-0.05, 0) is 30.3 Å². The Morgan fingerprint density at radius 1 is 1.16 bits per heavy atom. The van der Waals surface area contributed by atoms with Gasteiger partial charge in [-0.1, -0.05) is 23.7 Å². The van der Waals surface area contributed by atoms with Crippen molar-refractivity contribution in [1.29, 1.82) is 0 Å². The highest BCUT2D eigenvalue weighted by Gasteiger charge is 2.10. The first kappa shape index (κ1) is 16.9. The lowest BCUT2D eigenvalue weighted by Gasteiger charge is -2.10. The third kappa shape index (κ3) is 3.61. The van der Waals surface area contributed by atoms with Crippen LogP contribution < -0.4 is 10.5 Å². The number of nitrogens with two attached hydrogens (primary N) is 1. The molecule has 0 amide bonds. The molecule has 2 N–H and O–H groups in total. The monoisotopic (exact) mass is 352 g/mol. The fourth-order valence-corrected chi connectivity index (χ4v) is 2.66. The molecule has 0 fully saturated rings. The van der Waals surface area contributed by atoms with Gasteiger partial charge in [0, 0.05) is 41.9 Å². The summed E-state index contributed by atoms with van der Waals surface area (Å²) < 4.78 is 5.27. The van der Waals surface area contributed by atoms with E-state index in [-0.39, 0.29) is 0 Å². The van der Waals surface area contributed by atoms with E-state index in [0.29, 0.717) is 16.4 Å². The minimum atomic E-state index is 0.418. The van der Waals surface area contributed by atoms with Crippen LogP contribution in [0.15, 0.2) is 53.7 Å². The summed E-state index contributed by atoms with van der Waals surface area (Å²) in [5.74, 6) is 0.735. The lowest BCUT2D eigenvalue weighted by Crippen LogP contribution is -2.03. The summed E-state index contributed by atoms with van der Waals surface area (Å²) in [6.07, 6.45) is 3.46. The number of benzene rings is 1. The van der Waals surface area contributed by atoms with E-state index < -0.39 is 0 Å². The second kappa shape index (κ2) is 7.32. The number of nitrogens with zero attached hydrogens (tertiary/aromatic N) is 3. The number of fused-ring (bicyclic) bond motifs is 1. The van der Waals surface area contributed by atoms with Gasteiger partial charge in [0.05, 0.1) is 18.1 Å². The molecule has 2 aromatic heterocycles. The molecule has 25 heavy (non-hydrogen) atoms. The number of ether oxygens (including phenoxy) is 1. The predicted molar refractivity (Wildman–Crippen MR) is 103 cm³/mol. The maximum Gasteiger partial charge on any atom is 0.129 e. The quantitative estimate of drug-likeness (QED) is 0.572. The third-order valence-corrected chi connectivity index (χ3v) is 3.95. The van der Waals surface area contributed by atoms with E-state index in [4.69, 9.17) is 22.1 Å². The molecule has 3 aromatic rings. The molecule has 0 aliphatic heterocycles. The highest BCUT2D eigenvalue weighted by Crippen LogP contribution is 2.25. The van der Waals surface area contributed by atoms with Crippen LogP contribution >= 0.6 is 11.6 Å². The van der Waals surface area contributed by atoms with E-state index in [9.17, 15) is 0 Å². The molecule has 5 nitrogen and oxygen atoms in total. The van der Waals surface area contributed by atoms with Crippen LogP contribution in [0, 0.1) is 0 Å². The molecule has 0 saturated carbocycles. The molecule has 2 heterocycles. The Morgan fingerprint density at radius 3 is 2.76 bits per heavy atom. The summed E-state index contributed by atoms with van der Waals surface area (Å²) in [5, 5.41) is 0.418. The topological polar surface area (TPSA) is 73.4 Å². The van der Waals surface area contributed by atoms with Crippen molar-refractivity contribution < 1.29 is 4.74 Å². The van der Waals surface area contributed by atoms with Crippen LogP contribution in [0.4, 0.5) is 0 Å². The van der Waals surface area contributed by atoms with Gasteiger partial charge in [0.25, 0.3) is 0 Å². The average Bonchev–Trinajstić information content (AvgIpc) is 2.65. The molecule has 0 atom stereocenters. The molecule has 0 aliphatic carbocycles. The number of aliphatic imine (C=N–C) groups is 1. The van der Waals surface area contributed by atoms with Gasteiger partial charge in [-0.25, -0.2) is 4.98 Å². The number of pyridine rings is 2. The number of halogens is 1. The Balaban J connectivity index is 2.17. The van der Waals surface area contributed by atoms with Gasteiger partial charge in [-0.15, -0.1) is 0 Å². The van der Waals surface area contributed by atoms with E-state index in [2.05, 4.69) is 15.0 Å². The second-order valence-corrected chi connectivity index (χ2v) is 5.73. The van der Waals surface area contributed by atoms with Gasteiger partial charge in [-0.3, -0.25) is 9.98 Å². The van der Waals surface area contributed by atoms with Crippen molar-refractivity contribution >= 4 is 40.1 Å². The van der Waals surface area contributed by atoms with Gasteiger partial charge >= 0.3 is 0 Å². The highest BCUT2D eigenvalue weighted by molar-refractivity contribution is 6.29. The molecule has 0 aliphatic rings. The standard InChI is InChI=1S/C19H17ClN4O/c1-22-11-15(19(21)12-4-3-5-14(8-12)25-2)13-9-17-16(23-10-13)6-7-18(20)24-17/h3-11H,21H2,1-2H3. The van der Waals surface area contributed by atoms with Crippen molar-refractivity contribution in [2.24, 2.45) is 10.7 Å². The minimum Gasteiger partial charge on any atom is -0.497 e. The first-order valence-electron chi connectivity index (χ1n) is 7.61. The Kier molecular flexibility index (Phi) is 4.95. The Morgan fingerprint density at radius 2 is 2.00 bits per heavy atom. The van der Waals surface area contributed by atoms with E-state index in [1.807, 2.05) is 36.4 Å². The average molecular weight is 353 g/mol. The van der Waals surface area contributed by atoms with Crippen molar-refractivity contribution in [3.8, 4) is 5.75 Å². The van der Waals surface area contributed by atoms with Crippen LogP contribution in [0.1, 0.15) is 11.1 Å². The van der Waals surface area contributed by atoms with E-state index in [0.717, 1.165) is 28.0 Å². The summed E-state index contributed by atoms with van der Waals surface area (Å²) in [6.45, 7) is 0. The molecule has 0 unspecified atom stereocenters. The number of aromatic nitrogens is 2. The molecule has 0 saturated heterocycles. The summed E-state index contributed by atoms with van der Waals surface area (Å²) in [5.41, 5.74) is 10.9.